The van der Waals surface area contributed by atoms with Gasteiger partial charge in [0.15, 0.2) is 5.43 Å². The molecule has 0 aliphatic rings. The first-order valence-corrected chi connectivity index (χ1v) is 7.99. The van der Waals surface area contributed by atoms with Crippen LogP contribution < -0.4 is 10.2 Å². The number of hydrogen-bond acceptors (Lipinski definition) is 3. The lowest BCUT2D eigenvalue weighted by molar-refractivity contribution is 0.227. The van der Waals surface area contributed by atoms with Gasteiger partial charge in [-0.3, -0.25) is 9.69 Å². The monoisotopic (exact) mass is 314 g/mol. The second-order valence-electron chi connectivity index (χ2n) is 6.02. The van der Waals surface area contributed by atoms with Crippen molar-refractivity contribution < 1.29 is 4.74 Å². The van der Waals surface area contributed by atoms with Crippen LogP contribution in [0.3, 0.4) is 0 Å². The molecule has 0 radical (unpaired) electrons. The molecule has 2 aromatic rings. The Morgan fingerprint density at radius 3 is 2.43 bits per heavy atom. The number of nitrogens with one attached hydrogen (secondary N) is 1. The molecule has 1 N–H and O–H groups in total. The molecular weight excluding hydrogens is 288 g/mol. The lowest BCUT2D eigenvalue weighted by atomic mass is 10.0. The predicted molar refractivity (Wildman–Crippen MR) is 94.0 cm³/mol. The van der Waals surface area contributed by atoms with Crippen molar-refractivity contribution >= 4 is 0 Å². The number of ether oxygens (including phenoxy) is 1. The molecule has 0 aliphatic heterocycles. The highest BCUT2D eigenvalue weighted by Crippen LogP contribution is 2.26. The number of H-pyrrole nitrogens is 1. The number of aromatic amines is 1. The second kappa shape index (κ2) is 7.47. The zero-order chi connectivity index (χ0) is 17.0. The van der Waals surface area contributed by atoms with E-state index in [0.717, 1.165) is 29.0 Å². The molecule has 0 fully saturated rings. The summed E-state index contributed by atoms with van der Waals surface area (Å²) in [6, 6.07) is 8.49. The minimum Gasteiger partial charge on any atom is -0.497 e. The smallest absolute Gasteiger partial charge is 0.187 e. The first-order valence-electron chi connectivity index (χ1n) is 7.99. The first kappa shape index (κ1) is 17.3. The normalized spacial score (nSPS) is 12.4. The van der Waals surface area contributed by atoms with Crippen LogP contribution in [-0.2, 0) is 6.54 Å². The van der Waals surface area contributed by atoms with Crippen LogP contribution in [0, 0.1) is 13.8 Å². The molecule has 0 saturated heterocycles. The van der Waals surface area contributed by atoms with Gasteiger partial charge in [-0.2, -0.15) is 0 Å². The quantitative estimate of drug-likeness (QED) is 0.886. The van der Waals surface area contributed by atoms with E-state index in [0.29, 0.717) is 12.6 Å². The third kappa shape index (κ3) is 3.82. The van der Waals surface area contributed by atoms with Crippen molar-refractivity contribution in [3.63, 3.8) is 0 Å². The largest absolute Gasteiger partial charge is 0.497 e. The van der Waals surface area contributed by atoms with Gasteiger partial charge in [0, 0.05) is 35.6 Å². The summed E-state index contributed by atoms with van der Waals surface area (Å²) < 4.78 is 5.23. The van der Waals surface area contributed by atoms with Gasteiger partial charge in [0.1, 0.15) is 5.75 Å². The number of aryl methyl sites for hydroxylation is 1. The average Bonchev–Trinajstić information content (AvgIpc) is 2.57. The molecule has 1 aromatic carbocycles. The van der Waals surface area contributed by atoms with Crippen LogP contribution >= 0.6 is 0 Å². The summed E-state index contributed by atoms with van der Waals surface area (Å²) in [6.45, 7) is 6.62. The van der Waals surface area contributed by atoms with Gasteiger partial charge < -0.3 is 9.72 Å². The number of rotatable bonds is 6. The van der Waals surface area contributed by atoms with Crippen molar-refractivity contribution in [2.45, 2.75) is 39.8 Å². The van der Waals surface area contributed by atoms with Crippen molar-refractivity contribution in [2.24, 2.45) is 0 Å². The average molecular weight is 314 g/mol. The van der Waals surface area contributed by atoms with Gasteiger partial charge in [-0.15, -0.1) is 0 Å². The Kier molecular flexibility index (Phi) is 5.61. The highest BCUT2D eigenvalue weighted by atomic mass is 16.5. The van der Waals surface area contributed by atoms with Crippen molar-refractivity contribution in [1.29, 1.82) is 0 Å². The van der Waals surface area contributed by atoms with Gasteiger partial charge in [-0.1, -0.05) is 19.1 Å². The molecule has 1 aromatic heterocycles. The van der Waals surface area contributed by atoms with E-state index in [1.54, 1.807) is 13.3 Å². The number of nitrogens with zero attached hydrogens (tertiary/aromatic N) is 1. The Labute approximate surface area is 138 Å². The van der Waals surface area contributed by atoms with Crippen molar-refractivity contribution in [3.05, 3.63) is 63.1 Å². The molecule has 1 atom stereocenters. The second-order valence-corrected chi connectivity index (χ2v) is 6.02. The molecule has 124 valence electrons. The number of aromatic nitrogens is 1. The summed E-state index contributed by atoms with van der Waals surface area (Å²) in [7, 11) is 3.77. The van der Waals surface area contributed by atoms with Crippen molar-refractivity contribution in [3.8, 4) is 5.75 Å². The number of pyridine rings is 1. The Morgan fingerprint density at radius 1 is 1.22 bits per heavy atom. The Balaban J connectivity index is 2.21. The van der Waals surface area contributed by atoms with E-state index in [-0.39, 0.29) is 5.43 Å². The van der Waals surface area contributed by atoms with Crippen LogP contribution in [0.4, 0.5) is 0 Å². The summed E-state index contributed by atoms with van der Waals surface area (Å²) >= 11 is 0. The van der Waals surface area contributed by atoms with Crippen molar-refractivity contribution in [2.75, 3.05) is 14.2 Å². The standard InChI is InChI=1S/C19H26N2O2/c1-6-18(15-7-9-16(23-5)10-8-15)21(4)12-17-14(3)19(22)13(2)11-20-17/h7-11,18H,6,12H2,1-5H3,(H,20,22). The third-order valence-electron chi connectivity index (χ3n) is 4.44. The SMILES string of the molecule is CCC(c1ccc(OC)cc1)N(C)Cc1[nH]cc(C)c(=O)c1C. The molecule has 1 heterocycles. The van der Waals surface area contributed by atoms with Crippen LogP contribution in [0.15, 0.2) is 35.3 Å². The summed E-state index contributed by atoms with van der Waals surface area (Å²) in [5.41, 5.74) is 3.93. The summed E-state index contributed by atoms with van der Waals surface area (Å²) in [5, 5.41) is 0. The van der Waals surface area contributed by atoms with E-state index < -0.39 is 0 Å². The Hall–Kier alpha value is -2.07. The summed E-state index contributed by atoms with van der Waals surface area (Å²) in [4.78, 5) is 17.6. The molecule has 0 aliphatic carbocycles. The fourth-order valence-electron chi connectivity index (χ4n) is 2.95. The molecule has 0 saturated carbocycles. The van der Waals surface area contributed by atoms with E-state index in [4.69, 9.17) is 4.74 Å². The molecule has 0 bridgehead atoms. The van der Waals surface area contributed by atoms with Gasteiger partial charge in [-0.25, -0.2) is 0 Å². The van der Waals surface area contributed by atoms with Crippen LogP contribution in [0.5, 0.6) is 5.75 Å². The zero-order valence-corrected chi connectivity index (χ0v) is 14.6. The van der Waals surface area contributed by atoms with Gasteiger partial charge in [0.2, 0.25) is 0 Å². The molecular formula is C19H26N2O2. The van der Waals surface area contributed by atoms with E-state index in [9.17, 15) is 4.79 Å². The fourth-order valence-corrected chi connectivity index (χ4v) is 2.95. The molecule has 23 heavy (non-hydrogen) atoms. The minimum absolute atomic E-state index is 0.129. The number of hydrogen-bond donors (Lipinski definition) is 1. The maximum absolute atomic E-state index is 12.1. The topological polar surface area (TPSA) is 45.3 Å². The van der Waals surface area contributed by atoms with Gasteiger partial charge in [0.05, 0.1) is 7.11 Å². The van der Waals surface area contributed by atoms with E-state index >= 15 is 0 Å². The van der Waals surface area contributed by atoms with Crippen molar-refractivity contribution in [1.82, 2.24) is 9.88 Å². The van der Waals surface area contributed by atoms with Gasteiger partial charge in [-0.05, 0) is 45.0 Å². The Bertz CT molecular complexity index is 704. The maximum Gasteiger partial charge on any atom is 0.187 e. The molecule has 0 amide bonds. The van der Waals surface area contributed by atoms with Gasteiger partial charge >= 0.3 is 0 Å². The number of benzene rings is 1. The minimum atomic E-state index is 0.129. The number of methoxy groups -OCH3 is 1. The lowest BCUT2D eigenvalue weighted by Gasteiger charge is -2.28. The van der Waals surface area contributed by atoms with Crippen LogP contribution in [0.2, 0.25) is 0 Å². The van der Waals surface area contributed by atoms with Crippen LogP contribution in [0.25, 0.3) is 0 Å². The predicted octanol–water partition coefficient (Wildman–Crippen LogP) is 3.58. The van der Waals surface area contributed by atoms with Crippen LogP contribution in [-0.4, -0.2) is 24.0 Å². The molecule has 4 nitrogen and oxygen atoms in total. The lowest BCUT2D eigenvalue weighted by Crippen LogP contribution is -2.26. The zero-order valence-electron chi connectivity index (χ0n) is 14.6. The summed E-state index contributed by atoms with van der Waals surface area (Å²) in [5.74, 6) is 0.866. The van der Waals surface area contributed by atoms with E-state index in [2.05, 4.69) is 36.0 Å². The maximum atomic E-state index is 12.1. The first-order chi connectivity index (χ1) is 11.0. The van der Waals surface area contributed by atoms with E-state index in [1.807, 2.05) is 26.0 Å². The van der Waals surface area contributed by atoms with E-state index in [1.165, 1.54) is 5.56 Å². The molecule has 0 spiro atoms. The highest BCUT2D eigenvalue weighted by molar-refractivity contribution is 5.29. The fraction of sp³-hybridized carbons (Fsp3) is 0.421. The third-order valence-corrected chi connectivity index (χ3v) is 4.44. The van der Waals surface area contributed by atoms with Gasteiger partial charge in [0.25, 0.3) is 0 Å². The Morgan fingerprint density at radius 2 is 1.87 bits per heavy atom. The molecule has 2 rings (SSSR count). The van der Waals surface area contributed by atoms with Crippen LogP contribution in [0.1, 0.15) is 41.8 Å². The molecule has 4 heteroatoms. The molecule has 1 unspecified atom stereocenters. The summed E-state index contributed by atoms with van der Waals surface area (Å²) in [6.07, 6.45) is 2.80. The highest BCUT2D eigenvalue weighted by Gasteiger charge is 2.17.